The number of hydrogen-bond acceptors (Lipinski definition) is 6. The minimum atomic E-state index is -4.63. The second kappa shape index (κ2) is 12.5. The molecule has 0 aliphatic carbocycles. The maximum Gasteiger partial charge on any atom is 0.416 e. The summed E-state index contributed by atoms with van der Waals surface area (Å²) in [6.07, 6.45) is -0.944. The van der Waals surface area contributed by atoms with Crippen LogP contribution in [0.4, 0.5) is 18.9 Å². The summed E-state index contributed by atoms with van der Waals surface area (Å²) in [7, 11) is -1.24. The van der Waals surface area contributed by atoms with E-state index in [1.165, 1.54) is 24.3 Å². The molecule has 3 aromatic rings. The summed E-state index contributed by atoms with van der Waals surface area (Å²) in [4.78, 5) is 14.9. The largest absolute Gasteiger partial charge is 0.416 e. The Morgan fingerprint density at radius 3 is 2.50 bits per heavy atom. The van der Waals surface area contributed by atoms with Crippen molar-refractivity contribution in [1.29, 1.82) is 0 Å². The van der Waals surface area contributed by atoms with Gasteiger partial charge in [-0.05, 0) is 67.9 Å². The molecule has 1 amide bonds. The second-order valence-corrected chi connectivity index (χ2v) is 12.2. The number of alkyl halides is 3. The Hall–Kier alpha value is -3.26. The molecule has 2 unspecified atom stereocenters. The van der Waals surface area contributed by atoms with E-state index < -0.39 is 34.7 Å². The van der Waals surface area contributed by atoms with Crippen LogP contribution in [0, 0.1) is 0 Å². The van der Waals surface area contributed by atoms with Gasteiger partial charge in [0.2, 0.25) is 0 Å². The summed E-state index contributed by atoms with van der Waals surface area (Å²) in [6, 6.07) is 9.89. The summed E-state index contributed by atoms with van der Waals surface area (Å²) < 4.78 is 57.8. The molecule has 0 spiro atoms. The summed E-state index contributed by atoms with van der Waals surface area (Å²) in [6.45, 7) is 3.17. The van der Waals surface area contributed by atoms with E-state index in [9.17, 15) is 27.3 Å². The third kappa shape index (κ3) is 6.86. The highest BCUT2D eigenvalue weighted by molar-refractivity contribution is 7.81. The molecule has 4 N–H and O–H groups in total. The van der Waals surface area contributed by atoms with Crippen LogP contribution in [0.2, 0.25) is 0 Å². The lowest BCUT2D eigenvalue weighted by Gasteiger charge is -2.26. The monoisotopic (exact) mass is 604 g/mol. The van der Waals surface area contributed by atoms with E-state index in [4.69, 9.17) is 10.8 Å². The first-order valence-electron chi connectivity index (χ1n) is 13.9. The van der Waals surface area contributed by atoms with E-state index >= 15 is 0 Å². The third-order valence-corrected chi connectivity index (χ3v) is 8.85. The van der Waals surface area contributed by atoms with Gasteiger partial charge in [0.05, 0.1) is 34.9 Å². The number of carbonyl (C=O) groups is 1. The zero-order valence-electron chi connectivity index (χ0n) is 23.4. The fourth-order valence-corrected chi connectivity index (χ4v) is 6.32. The molecule has 0 radical (unpaired) electrons. The Balaban J connectivity index is 1.46. The van der Waals surface area contributed by atoms with Crippen LogP contribution in [-0.4, -0.2) is 72.7 Å². The van der Waals surface area contributed by atoms with Gasteiger partial charge in [-0.3, -0.25) is 9.48 Å². The Bertz CT molecular complexity index is 1450. The number of β-amino-alcohol motifs (C(OH)–C–C–N with tert-alkyl or cyclic N) is 1. The highest BCUT2D eigenvalue weighted by Gasteiger charge is 2.34. The number of carbonyl (C=O) groups excluding carboxylic acids is 1. The van der Waals surface area contributed by atoms with Crippen LogP contribution in [0.1, 0.15) is 45.6 Å². The van der Waals surface area contributed by atoms with Gasteiger partial charge in [0.15, 0.2) is 0 Å². The van der Waals surface area contributed by atoms with Gasteiger partial charge in [0, 0.05) is 66.9 Å². The van der Waals surface area contributed by atoms with Crippen molar-refractivity contribution in [2.24, 2.45) is 0 Å². The van der Waals surface area contributed by atoms with Gasteiger partial charge in [-0.15, -0.1) is 0 Å². The molecule has 0 bridgehead atoms. The smallest absolute Gasteiger partial charge is 0.399 e. The number of aliphatic hydroxyl groups excluding tert-OH is 1. The number of halogens is 3. The maximum atomic E-state index is 14.0. The lowest BCUT2D eigenvalue weighted by Crippen LogP contribution is -2.35. The van der Waals surface area contributed by atoms with Crippen LogP contribution in [-0.2, 0) is 43.2 Å². The fraction of sp³-hybridized carbons (Fsp3) is 0.448. The number of nitrogens with one attached hydrogen (secondary N) is 1. The first-order chi connectivity index (χ1) is 20.0. The number of hydrogen-bond donors (Lipinski definition) is 3. The topological polar surface area (TPSA) is 117 Å². The minimum Gasteiger partial charge on any atom is -0.399 e. The number of rotatable bonds is 9. The number of aromatic nitrogens is 2. The third-order valence-electron chi connectivity index (χ3n) is 7.81. The predicted molar refractivity (Wildman–Crippen MR) is 155 cm³/mol. The lowest BCUT2D eigenvalue weighted by atomic mass is 9.97. The number of fused-ring (bicyclic) bond motifs is 1. The van der Waals surface area contributed by atoms with E-state index in [1.54, 1.807) is 27.4 Å². The van der Waals surface area contributed by atoms with Crippen LogP contribution in [0.3, 0.4) is 0 Å². The summed E-state index contributed by atoms with van der Waals surface area (Å²) in [5.74, 6) is -0.525. The minimum absolute atomic E-state index is 0.104. The molecule has 9 nitrogen and oxygen atoms in total. The average molecular weight is 605 g/mol. The normalized spacial score (nSPS) is 17.6. The quantitative estimate of drug-likeness (QED) is 0.323. The highest BCUT2D eigenvalue weighted by atomic mass is 32.2. The standard InChI is InChI=1S/C29H35F3N6O3S/c1-42(41)37-13-10-26-24(18-37)27(35-38(26)17-23(39)16-36-11-2-3-12-36)20-6-9-25(29(30,31)32)21(14-20)15-34-28(40)19-4-7-22(33)8-5-19/h4-9,14,23,39H,2-3,10-13,15-18,33H2,1H3,(H,34,40). The van der Waals surface area contributed by atoms with E-state index in [1.807, 2.05) is 0 Å². The molecule has 2 atom stereocenters. The van der Waals surface area contributed by atoms with Crippen molar-refractivity contribution < 1.29 is 27.3 Å². The molecule has 2 aliphatic rings. The number of likely N-dealkylation sites (tertiary alicyclic amines) is 1. The van der Waals surface area contributed by atoms with Crippen molar-refractivity contribution in [2.75, 3.05) is 38.2 Å². The van der Waals surface area contributed by atoms with Gasteiger partial charge in [0.1, 0.15) is 0 Å². The van der Waals surface area contributed by atoms with Crippen LogP contribution < -0.4 is 11.1 Å². The van der Waals surface area contributed by atoms with Crippen molar-refractivity contribution in [2.45, 2.75) is 51.2 Å². The summed E-state index contributed by atoms with van der Waals surface area (Å²) in [5, 5.41) is 18.2. The van der Waals surface area contributed by atoms with Crippen LogP contribution >= 0.6 is 0 Å². The van der Waals surface area contributed by atoms with E-state index in [2.05, 4.69) is 10.2 Å². The van der Waals surface area contributed by atoms with Gasteiger partial charge in [-0.25, -0.2) is 8.51 Å². The Morgan fingerprint density at radius 2 is 1.83 bits per heavy atom. The van der Waals surface area contributed by atoms with E-state index in [0.717, 1.165) is 43.3 Å². The molecular formula is C29H35F3N6O3S. The van der Waals surface area contributed by atoms with Gasteiger partial charge in [-0.1, -0.05) is 6.07 Å². The maximum absolute atomic E-state index is 14.0. The first-order valence-corrected chi connectivity index (χ1v) is 15.4. The number of nitrogens with two attached hydrogens (primary N) is 1. The number of nitrogen functional groups attached to an aromatic ring is 1. The number of amides is 1. The fourth-order valence-electron chi connectivity index (χ4n) is 5.66. The molecule has 226 valence electrons. The zero-order valence-corrected chi connectivity index (χ0v) is 24.2. The van der Waals surface area contributed by atoms with Crippen LogP contribution in [0.15, 0.2) is 42.5 Å². The number of nitrogens with zero attached hydrogens (tertiary/aromatic N) is 4. The zero-order chi connectivity index (χ0) is 30.0. The van der Waals surface area contributed by atoms with E-state index in [0.29, 0.717) is 43.0 Å². The lowest BCUT2D eigenvalue weighted by molar-refractivity contribution is -0.138. The van der Waals surface area contributed by atoms with Crippen molar-refractivity contribution in [1.82, 2.24) is 24.3 Å². The molecular weight excluding hydrogens is 569 g/mol. The van der Waals surface area contributed by atoms with Gasteiger partial charge < -0.3 is 21.1 Å². The van der Waals surface area contributed by atoms with Crippen molar-refractivity contribution in [3.8, 4) is 11.3 Å². The Kier molecular flexibility index (Phi) is 9.02. The summed E-state index contributed by atoms with van der Waals surface area (Å²) >= 11 is 0. The molecule has 1 aromatic heterocycles. The first kappa shape index (κ1) is 30.2. The van der Waals surface area contributed by atoms with Gasteiger partial charge in [0.25, 0.3) is 5.91 Å². The molecule has 5 rings (SSSR count). The molecule has 2 aromatic carbocycles. The average Bonchev–Trinajstić information content (AvgIpc) is 3.59. The van der Waals surface area contributed by atoms with Crippen LogP contribution in [0.5, 0.6) is 0 Å². The number of anilines is 1. The molecule has 0 saturated carbocycles. The van der Waals surface area contributed by atoms with E-state index in [-0.39, 0.29) is 24.2 Å². The van der Waals surface area contributed by atoms with Crippen molar-refractivity contribution in [3.05, 3.63) is 70.4 Å². The number of aliphatic hydroxyl groups is 1. The SMILES string of the molecule is CS(=O)N1CCc2c(c(-c3ccc(C(F)(F)F)c(CNC(=O)c4ccc(N)cc4)c3)nn2CC(O)CN2CCCC2)C1. The summed E-state index contributed by atoms with van der Waals surface area (Å²) in [5.41, 5.74) is 8.05. The van der Waals surface area contributed by atoms with Gasteiger partial charge >= 0.3 is 6.18 Å². The predicted octanol–water partition coefficient (Wildman–Crippen LogP) is 3.19. The highest BCUT2D eigenvalue weighted by Crippen LogP contribution is 2.36. The number of benzene rings is 2. The Labute approximate surface area is 245 Å². The van der Waals surface area contributed by atoms with Crippen molar-refractivity contribution in [3.63, 3.8) is 0 Å². The molecule has 1 saturated heterocycles. The van der Waals surface area contributed by atoms with Gasteiger partial charge in [-0.2, -0.15) is 18.3 Å². The van der Waals surface area contributed by atoms with Crippen LogP contribution in [0.25, 0.3) is 11.3 Å². The molecule has 2 aliphatic heterocycles. The molecule has 3 heterocycles. The second-order valence-electron chi connectivity index (χ2n) is 10.8. The van der Waals surface area contributed by atoms with Crippen molar-refractivity contribution >= 4 is 22.6 Å². The molecule has 1 fully saturated rings. The Morgan fingerprint density at radius 1 is 1.12 bits per heavy atom. The molecule has 42 heavy (non-hydrogen) atoms. The molecule has 13 heteroatoms.